The highest BCUT2D eigenvalue weighted by molar-refractivity contribution is 7.46. The number of morpholine rings is 1. The highest BCUT2D eigenvalue weighted by Crippen LogP contribution is 2.39. The number of aliphatic hydroxyl groups is 2. The minimum absolute atomic E-state index is 0.370. The third kappa shape index (κ3) is 4.57. The van der Waals surface area contributed by atoms with E-state index in [0.717, 1.165) is 24.3 Å². The molecule has 4 N–H and O–H groups in total. The van der Waals surface area contributed by atoms with Crippen molar-refractivity contribution in [3.8, 4) is 11.3 Å². The summed E-state index contributed by atoms with van der Waals surface area (Å²) in [5.74, 6) is 0. The molecule has 182 valence electrons. The van der Waals surface area contributed by atoms with Crippen LogP contribution in [0.4, 0.5) is 5.69 Å². The Morgan fingerprint density at radius 2 is 1.91 bits per heavy atom. The minimum atomic E-state index is -4.76. The summed E-state index contributed by atoms with van der Waals surface area (Å²) in [6.45, 7) is 2.33. The van der Waals surface area contributed by atoms with Gasteiger partial charge >= 0.3 is 7.82 Å². The first kappa shape index (κ1) is 23.3. The molecule has 0 amide bonds. The van der Waals surface area contributed by atoms with E-state index < -0.39 is 39.0 Å². The van der Waals surface area contributed by atoms with Gasteiger partial charge in [-0.25, -0.2) is 19.5 Å². The lowest BCUT2D eigenvalue weighted by atomic mass is 10.1. The fourth-order valence-electron chi connectivity index (χ4n) is 4.19. The largest absolute Gasteiger partial charge is 0.469 e. The van der Waals surface area contributed by atoms with Gasteiger partial charge in [0.2, 0.25) is 0 Å². The van der Waals surface area contributed by atoms with Gasteiger partial charge in [-0.2, -0.15) is 0 Å². The van der Waals surface area contributed by atoms with Crippen LogP contribution in [0.5, 0.6) is 0 Å². The zero-order chi connectivity index (χ0) is 23.9. The molecule has 2 fully saturated rings. The van der Waals surface area contributed by atoms with Crippen molar-refractivity contribution in [1.29, 1.82) is 0 Å². The van der Waals surface area contributed by atoms with Gasteiger partial charge in [-0.05, 0) is 12.1 Å². The second-order valence-electron chi connectivity index (χ2n) is 8.03. The van der Waals surface area contributed by atoms with E-state index in [1.54, 1.807) is 0 Å². The van der Waals surface area contributed by atoms with E-state index >= 15 is 0 Å². The van der Waals surface area contributed by atoms with Gasteiger partial charge in [-0.1, -0.05) is 12.1 Å². The Morgan fingerprint density at radius 3 is 2.68 bits per heavy atom. The predicted molar refractivity (Wildman–Crippen MR) is 118 cm³/mol. The lowest BCUT2D eigenvalue weighted by molar-refractivity contribution is -0.0504. The molecule has 0 saturated carbocycles. The fraction of sp³-hybridized carbons (Fsp3) is 0.450. The number of benzene rings is 1. The second-order valence-corrected chi connectivity index (χ2v) is 9.27. The van der Waals surface area contributed by atoms with Crippen LogP contribution in [-0.4, -0.2) is 90.7 Å². The van der Waals surface area contributed by atoms with Crippen LogP contribution in [0.2, 0.25) is 0 Å². The third-order valence-corrected chi connectivity index (χ3v) is 6.36. The molecule has 2 aliphatic rings. The maximum atomic E-state index is 11.0. The summed E-state index contributed by atoms with van der Waals surface area (Å²) in [5.41, 5.74) is 3.31. The number of imidazole rings is 1. The lowest BCUT2D eigenvalue weighted by Gasteiger charge is -2.29. The number of fused-ring (bicyclic) bond motifs is 1. The van der Waals surface area contributed by atoms with Crippen LogP contribution < -0.4 is 4.90 Å². The van der Waals surface area contributed by atoms with Gasteiger partial charge in [0, 0.05) is 24.3 Å². The minimum Gasteiger partial charge on any atom is -0.387 e. The predicted octanol–water partition coefficient (Wildman–Crippen LogP) is 0.0584. The number of aromatic nitrogens is 4. The Kier molecular flexibility index (Phi) is 6.35. The zero-order valence-corrected chi connectivity index (χ0v) is 18.8. The average Bonchev–Trinajstić information content (AvgIpc) is 3.39. The number of phosphoric acid groups is 1. The van der Waals surface area contributed by atoms with Crippen molar-refractivity contribution in [2.24, 2.45) is 0 Å². The smallest absolute Gasteiger partial charge is 0.387 e. The van der Waals surface area contributed by atoms with E-state index in [0.29, 0.717) is 30.1 Å². The van der Waals surface area contributed by atoms with Crippen LogP contribution in [0.15, 0.2) is 36.9 Å². The molecule has 4 atom stereocenters. The van der Waals surface area contributed by atoms with Crippen LogP contribution in [-0.2, 0) is 18.6 Å². The number of ether oxygens (including phenoxy) is 2. The first-order valence-corrected chi connectivity index (χ1v) is 12.2. The Labute approximate surface area is 193 Å². The van der Waals surface area contributed by atoms with Gasteiger partial charge in [-0.3, -0.25) is 9.09 Å². The van der Waals surface area contributed by atoms with Crippen LogP contribution in [0, 0.1) is 0 Å². The number of rotatable bonds is 6. The molecule has 0 aliphatic carbocycles. The van der Waals surface area contributed by atoms with Crippen molar-refractivity contribution in [3.63, 3.8) is 0 Å². The zero-order valence-electron chi connectivity index (χ0n) is 17.9. The molecule has 0 bridgehead atoms. The van der Waals surface area contributed by atoms with Crippen molar-refractivity contribution in [1.82, 2.24) is 19.5 Å². The van der Waals surface area contributed by atoms with Gasteiger partial charge < -0.3 is 34.4 Å². The molecule has 14 heteroatoms. The molecule has 2 aromatic heterocycles. The molecular weight excluding hydrogens is 469 g/mol. The Morgan fingerprint density at radius 1 is 1.12 bits per heavy atom. The maximum Gasteiger partial charge on any atom is 0.469 e. The van der Waals surface area contributed by atoms with E-state index in [1.165, 1.54) is 17.2 Å². The summed E-state index contributed by atoms with van der Waals surface area (Å²) < 4.78 is 28.0. The summed E-state index contributed by atoms with van der Waals surface area (Å²) in [6.07, 6.45) is -2.28. The Balaban J connectivity index is 1.44. The molecule has 2 saturated heterocycles. The fourth-order valence-corrected chi connectivity index (χ4v) is 4.53. The summed E-state index contributed by atoms with van der Waals surface area (Å²) in [7, 11) is -4.76. The van der Waals surface area contributed by atoms with Crippen LogP contribution in [0.3, 0.4) is 0 Å². The van der Waals surface area contributed by atoms with Crippen molar-refractivity contribution in [3.05, 3.63) is 36.9 Å². The van der Waals surface area contributed by atoms with E-state index in [9.17, 15) is 14.8 Å². The van der Waals surface area contributed by atoms with Gasteiger partial charge in [0.25, 0.3) is 0 Å². The molecule has 34 heavy (non-hydrogen) atoms. The number of hydrogen-bond acceptors (Lipinski definition) is 10. The summed E-state index contributed by atoms with van der Waals surface area (Å²) in [5, 5.41) is 20.8. The maximum absolute atomic E-state index is 11.0. The van der Waals surface area contributed by atoms with Gasteiger partial charge in [0.15, 0.2) is 11.9 Å². The summed E-state index contributed by atoms with van der Waals surface area (Å²) in [4.78, 5) is 33.2. The normalized spacial score (nSPS) is 25.8. The highest BCUT2D eigenvalue weighted by Gasteiger charge is 2.45. The van der Waals surface area contributed by atoms with E-state index in [2.05, 4.69) is 24.4 Å². The number of anilines is 1. The molecule has 3 aromatic rings. The molecule has 0 unspecified atom stereocenters. The van der Waals surface area contributed by atoms with Crippen molar-refractivity contribution in [2.45, 2.75) is 24.5 Å². The highest BCUT2D eigenvalue weighted by atomic mass is 31.2. The summed E-state index contributed by atoms with van der Waals surface area (Å²) in [6, 6.07) is 7.91. The lowest BCUT2D eigenvalue weighted by Crippen LogP contribution is -2.36. The molecule has 13 nitrogen and oxygen atoms in total. The van der Waals surface area contributed by atoms with E-state index in [4.69, 9.17) is 19.3 Å². The quantitative estimate of drug-likeness (QED) is 0.341. The first-order chi connectivity index (χ1) is 16.3. The summed E-state index contributed by atoms with van der Waals surface area (Å²) >= 11 is 0. The molecular formula is C20H24N5O8P. The van der Waals surface area contributed by atoms with Crippen molar-refractivity contribution < 1.29 is 38.6 Å². The number of phosphoric ester groups is 1. The topological polar surface area (TPSA) is 173 Å². The van der Waals surface area contributed by atoms with Crippen molar-refractivity contribution in [2.75, 3.05) is 37.8 Å². The Bertz CT molecular complexity index is 1210. The van der Waals surface area contributed by atoms with Gasteiger partial charge in [-0.15, -0.1) is 0 Å². The second kappa shape index (κ2) is 9.29. The van der Waals surface area contributed by atoms with Gasteiger partial charge in [0.05, 0.1) is 26.1 Å². The van der Waals surface area contributed by atoms with Crippen LogP contribution >= 0.6 is 7.82 Å². The third-order valence-electron chi connectivity index (χ3n) is 5.87. The molecule has 2 aliphatic heterocycles. The van der Waals surface area contributed by atoms with Crippen LogP contribution in [0.25, 0.3) is 22.4 Å². The number of aliphatic hydroxyl groups excluding tert-OH is 2. The molecule has 4 heterocycles. The van der Waals surface area contributed by atoms with E-state index in [1.807, 2.05) is 24.3 Å². The molecule has 0 radical (unpaired) electrons. The SMILES string of the molecule is O=P(O)(O)OC[C@H]1O[C@@H](n2cnc3c(-c4cccc(N5CCOCC5)c4)ncnc32)[C@H](O)[C@H]1O. The monoisotopic (exact) mass is 493 g/mol. The average molecular weight is 493 g/mol. The Hall–Kier alpha value is -2.48. The first-order valence-electron chi connectivity index (χ1n) is 10.6. The van der Waals surface area contributed by atoms with Crippen molar-refractivity contribution >= 4 is 24.7 Å². The molecule has 5 rings (SSSR count). The molecule has 0 spiro atoms. The molecule has 1 aromatic carbocycles. The van der Waals surface area contributed by atoms with E-state index in [-0.39, 0.29) is 0 Å². The van der Waals surface area contributed by atoms with Crippen LogP contribution in [0.1, 0.15) is 6.23 Å². The standard InChI is InChI=1S/C20H24N5O8P/c26-17-14(9-32-34(28,29)30)33-20(18(17)27)25-11-23-16-15(21-10-22-19(16)25)12-2-1-3-13(8-12)24-4-6-31-7-5-24/h1-3,8,10-11,14,17-18,20,26-27H,4-7,9H2,(H2,28,29,30)/t14-,17+,18-,20-/m1/s1. The van der Waals surface area contributed by atoms with Gasteiger partial charge in [0.1, 0.15) is 35.8 Å². The number of hydrogen-bond donors (Lipinski definition) is 4. The number of nitrogens with zero attached hydrogens (tertiary/aromatic N) is 5.